The van der Waals surface area contributed by atoms with Crippen molar-refractivity contribution in [2.45, 2.75) is 0 Å². The summed E-state index contributed by atoms with van der Waals surface area (Å²) in [5.41, 5.74) is 4.71. The molecular formula is C9H10N2O4. The van der Waals surface area contributed by atoms with Crippen LogP contribution in [0, 0.1) is 0 Å². The van der Waals surface area contributed by atoms with Crippen molar-refractivity contribution in [2.24, 2.45) is 5.73 Å². The zero-order valence-corrected chi connectivity index (χ0v) is 7.98. The number of carbonyl (C=O) groups excluding carboxylic acids is 2. The second-order valence-corrected chi connectivity index (χ2v) is 2.70. The third-order valence-corrected chi connectivity index (χ3v) is 1.69. The van der Waals surface area contributed by atoms with Crippen molar-refractivity contribution in [3.05, 3.63) is 23.8 Å². The van der Waals surface area contributed by atoms with Gasteiger partial charge in [0.25, 0.3) is 5.91 Å². The SMILES string of the molecule is COc1ccc(C(=O)NC(N)=O)c(O)c1. The number of amides is 3. The molecule has 0 aliphatic heterocycles. The van der Waals surface area contributed by atoms with Gasteiger partial charge in [0, 0.05) is 6.07 Å². The van der Waals surface area contributed by atoms with Crippen molar-refractivity contribution in [3.8, 4) is 11.5 Å². The van der Waals surface area contributed by atoms with E-state index in [2.05, 4.69) is 0 Å². The van der Waals surface area contributed by atoms with Gasteiger partial charge in [0.05, 0.1) is 12.7 Å². The maximum absolute atomic E-state index is 11.3. The van der Waals surface area contributed by atoms with Gasteiger partial charge in [0.2, 0.25) is 0 Å². The van der Waals surface area contributed by atoms with Crippen LogP contribution in [0.15, 0.2) is 18.2 Å². The minimum absolute atomic E-state index is 0.0467. The molecule has 4 N–H and O–H groups in total. The molecule has 0 spiro atoms. The molecule has 0 saturated carbocycles. The fourth-order valence-electron chi connectivity index (χ4n) is 1.01. The number of nitrogens with one attached hydrogen (secondary N) is 1. The van der Waals surface area contributed by atoms with Gasteiger partial charge in [-0.05, 0) is 12.1 Å². The Kier molecular flexibility index (Phi) is 3.12. The molecule has 15 heavy (non-hydrogen) atoms. The highest BCUT2D eigenvalue weighted by Crippen LogP contribution is 2.22. The van der Waals surface area contributed by atoms with E-state index in [0.29, 0.717) is 5.75 Å². The average Bonchev–Trinajstić information content (AvgIpc) is 2.16. The predicted molar refractivity (Wildman–Crippen MR) is 51.7 cm³/mol. The zero-order chi connectivity index (χ0) is 11.4. The number of nitrogens with two attached hydrogens (primary N) is 1. The van der Waals surface area contributed by atoms with Crippen LogP contribution in [0.2, 0.25) is 0 Å². The van der Waals surface area contributed by atoms with Gasteiger partial charge in [-0.15, -0.1) is 0 Å². The van der Waals surface area contributed by atoms with E-state index < -0.39 is 11.9 Å². The van der Waals surface area contributed by atoms with E-state index in [1.165, 1.54) is 25.3 Å². The van der Waals surface area contributed by atoms with Gasteiger partial charge < -0.3 is 15.6 Å². The van der Waals surface area contributed by atoms with Gasteiger partial charge in [0.1, 0.15) is 11.5 Å². The number of primary amides is 1. The number of benzene rings is 1. The molecule has 0 aliphatic rings. The van der Waals surface area contributed by atoms with Crippen LogP contribution in [0.3, 0.4) is 0 Å². The smallest absolute Gasteiger partial charge is 0.319 e. The van der Waals surface area contributed by atoms with Gasteiger partial charge in [-0.2, -0.15) is 0 Å². The normalized spacial score (nSPS) is 9.40. The summed E-state index contributed by atoms with van der Waals surface area (Å²) in [7, 11) is 1.43. The third kappa shape index (κ3) is 2.60. The fraction of sp³-hybridized carbons (Fsp3) is 0.111. The molecular weight excluding hydrogens is 200 g/mol. The summed E-state index contributed by atoms with van der Waals surface area (Å²) in [5.74, 6) is -0.640. The number of carbonyl (C=O) groups is 2. The summed E-state index contributed by atoms with van der Waals surface area (Å²) >= 11 is 0. The molecule has 1 aromatic rings. The first kappa shape index (κ1) is 10.8. The Labute approximate surface area is 85.6 Å². The number of phenolic OH excluding ortho intramolecular Hbond substituents is 1. The zero-order valence-electron chi connectivity index (χ0n) is 7.98. The van der Waals surface area contributed by atoms with E-state index in [-0.39, 0.29) is 11.3 Å². The molecule has 0 radical (unpaired) electrons. The van der Waals surface area contributed by atoms with E-state index in [0.717, 1.165) is 0 Å². The standard InChI is InChI=1S/C9H10N2O4/c1-15-5-2-3-6(7(12)4-5)8(13)11-9(10)14/h2-4,12H,1H3,(H3,10,11,13,14). The number of urea groups is 1. The Bertz CT molecular complexity index is 403. The first-order chi connectivity index (χ1) is 7.04. The Morgan fingerprint density at radius 2 is 2.13 bits per heavy atom. The molecule has 1 aromatic carbocycles. The summed E-state index contributed by atoms with van der Waals surface area (Å²) in [6.45, 7) is 0. The van der Waals surface area contributed by atoms with Crippen molar-refractivity contribution in [2.75, 3.05) is 7.11 Å². The predicted octanol–water partition coefficient (Wildman–Crippen LogP) is 0.209. The highest BCUT2D eigenvalue weighted by atomic mass is 16.5. The summed E-state index contributed by atoms with van der Waals surface area (Å²) in [4.78, 5) is 21.7. The number of imide groups is 1. The lowest BCUT2D eigenvalue weighted by molar-refractivity contribution is 0.0963. The van der Waals surface area contributed by atoms with Crippen LogP contribution in [0.4, 0.5) is 4.79 Å². The number of phenols is 1. The number of hydrogen-bond donors (Lipinski definition) is 3. The molecule has 6 heteroatoms. The molecule has 0 saturated heterocycles. The van der Waals surface area contributed by atoms with Crippen LogP contribution in [0.5, 0.6) is 11.5 Å². The molecule has 0 aromatic heterocycles. The average molecular weight is 210 g/mol. The second-order valence-electron chi connectivity index (χ2n) is 2.70. The van der Waals surface area contributed by atoms with Crippen LogP contribution in [0.25, 0.3) is 0 Å². The second kappa shape index (κ2) is 4.32. The highest BCUT2D eigenvalue weighted by Gasteiger charge is 2.12. The summed E-state index contributed by atoms with van der Waals surface area (Å²) in [6, 6.07) is 3.09. The molecule has 0 aliphatic carbocycles. The van der Waals surface area contributed by atoms with Crippen LogP contribution >= 0.6 is 0 Å². The molecule has 0 bridgehead atoms. The number of ether oxygens (including phenoxy) is 1. The summed E-state index contributed by atoms with van der Waals surface area (Å²) < 4.78 is 4.83. The van der Waals surface area contributed by atoms with Gasteiger partial charge in [-0.1, -0.05) is 0 Å². The Balaban J connectivity index is 2.95. The summed E-state index contributed by atoms with van der Waals surface area (Å²) in [5, 5.41) is 11.2. The van der Waals surface area contributed by atoms with Gasteiger partial charge >= 0.3 is 6.03 Å². The first-order valence-electron chi connectivity index (χ1n) is 4.02. The monoisotopic (exact) mass is 210 g/mol. The Morgan fingerprint density at radius 3 is 2.60 bits per heavy atom. The van der Waals surface area contributed by atoms with Crippen molar-refractivity contribution >= 4 is 11.9 Å². The lowest BCUT2D eigenvalue weighted by Gasteiger charge is -2.05. The van der Waals surface area contributed by atoms with Crippen LogP contribution in [0.1, 0.15) is 10.4 Å². The number of aromatic hydroxyl groups is 1. The molecule has 6 nitrogen and oxygen atoms in total. The maximum Gasteiger partial charge on any atom is 0.319 e. The van der Waals surface area contributed by atoms with E-state index in [9.17, 15) is 14.7 Å². The lowest BCUT2D eigenvalue weighted by atomic mass is 10.2. The van der Waals surface area contributed by atoms with Crippen LogP contribution < -0.4 is 15.8 Å². The third-order valence-electron chi connectivity index (χ3n) is 1.69. The minimum atomic E-state index is -0.977. The van der Waals surface area contributed by atoms with Crippen LogP contribution in [-0.4, -0.2) is 24.2 Å². The lowest BCUT2D eigenvalue weighted by Crippen LogP contribution is -2.34. The molecule has 0 atom stereocenters. The number of rotatable bonds is 2. The summed E-state index contributed by atoms with van der Waals surface area (Å²) in [6.07, 6.45) is 0. The number of methoxy groups -OCH3 is 1. The fourth-order valence-corrected chi connectivity index (χ4v) is 1.01. The van der Waals surface area contributed by atoms with Gasteiger partial charge in [-0.25, -0.2) is 4.79 Å². The van der Waals surface area contributed by atoms with Crippen LogP contribution in [-0.2, 0) is 0 Å². The van der Waals surface area contributed by atoms with Crippen molar-refractivity contribution in [1.29, 1.82) is 0 Å². The molecule has 1 rings (SSSR count). The maximum atomic E-state index is 11.3. The molecule has 0 heterocycles. The molecule has 0 unspecified atom stereocenters. The molecule has 3 amide bonds. The number of hydrogen-bond acceptors (Lipinski definition) is 4. The molecule has 80 valence electrons. The topological polar surface area (TPSA) is 102 Å². The Hall–Kier alpha value is -2.24. The van der Waals surface area contributed by atoms with Crippen molar-refractivity contribution in [3.63, 3.8) is 0 Å². The van der Waals surface area contributed by atoms with E-state index in [1.807, 2.05) is 5.32 Å². The van der Waals surface area contributed by atoms with E-state index >= 15 is 0 Å². The van der Waals surface area contributed by atoms with E-state index in [4.69, 9.17) is 10.5 Å². The first-order valence-corrected chi connectivity index (χ1v) is 4.02. The van der Waals surface area contributed by atoms with Crippen molar-refractivity contribution < 1.29 is 19.4 Å². The Morgan fingerprint density at radius 1 is 1.47 bits per heavy atom. The van der Waals surface area contributed by atoms with Crippen molar-refractivity contribution in [1.82, 2.24) is 5.32 Å². The van der Waals surface area contributed by atoms with Gasteiger partial charge in [-0.3, -0.25) is 10.1 Å². The minimum Gasteiger partial charge on any atom is -0.507 e. The molecule has 0 fully saturated rings. The largest absolute Gasteiger partial charge is 0.507 e. The quantitative estimate of drug-likeness (QED) is 0.649. The highest BCUT2D eigenvalue weighted by molar-refractivity contribution is 6.05. The van der Waals surface area contributed by atoms with E-state index in [1.54, 1.807) is 0 Å². The van der Waals surface area contributed by atoms with Gasteiger partial charge in [0.15, 0.2) is 0 Å².